The summed E-state index contributed by atoms with van der Waals surface area (Å²) in [5.41, 5.74) is 1.07. The van der Waals surface area contributed by atoms with E-state index in [2.05, 4.69) is 12.2 Å². The van der Waals surface area contributed by atoms with Gasteiger partial charge in [0.2, 0.25) is 11.8 Å². The van der Waals surface area contributed by atoms with E-state index in [4.69, 9.17) is 0 Å². The summed E-state index contributed by atoms with van der Waals surface area (Å²) >= 11 is 1.70. The highest BCUT2D eigenvalue weighted by atomic mass is 32.2. The van der Waals surface area contributed by atoms with Gasteiger partial charge in [0.1, 0.15) is 6.04 Å². The van der Waals surface area contributed by atoms with E-state index >= 15 is 0 Å². The molecule has 2 amide bonds. The van der Waals surface area contributed by atoms with E-state index in [1.165, 1.54) is 0 Å². The summed E-state index contributed by atoms with van der Waals surface area (Å²) in [4.78, 5) is 26.3. The van der Waals surface area contributed by atoms with E-state index in [1.54, 1.807) is 16.7 Å². The standard InChI is InChI=1S/C16H22N2O2S/c1-3-14(19)18-13(11-21-15(18)4-2)16(20)17-10-12-8-6-5-7-9-12/h5-9,13,15H,3-4,10-11H2,1-2H3,(H,17,20). The zero-order chi connectivity index (χ0) is 15.2. The van der Waals surface area contributed by atoms with Crippen molar-refractivity contribution in [1.82, 2.24) is 10.2 Å². The van der Waals surface area contributed by atoms with Crippen LogP contribution in [0.2, 0.25) is 0 Å². The smallest absolute Gasteiger partial charge is 0.243 e. The van der Waals surface area contributed by atoms with Crippen LogP contribution < -0.4 is 5.32 Å². The molecule has 2 atom stereocenters. The minimum Gasteiger partial charge on any atom is -0.350 e. The molecule has 0 spiro atoms. The van der Waals surface area contributed by atoms with Gasteiger partial charge >= 0.3 is 0 Å². The fourth-order valence-corrected chi connectivity index (χ4v) is 3.88. The number of nitrogens with one attached hydrogen (secondary N) is 1. The number of benzene rings is 1. The Kier molecular flexibility index (Phi) is 5.67. The molecule has 0 aliphatic carbocycles. The van der Waals surface area contributed by atoms with Crippen LogP contribution in [0, 0.1) is 0 Å². The second kappa shape index (κ2) is 7.50. The predicted octanol–water partition coefficient (Wildman–Crippen LogP) is 2.39. The zero-order valence-corrected chi connectivity index (χ0v) is 13.4. The van der Waals surface area contributed by atoms with Crippen LogP contribution in [0.5, 0.6) is 0 Å². The van der Waals surface area contributed by atoms with E-state index < -0.39 is 0 Å². The molecule has 1 aliphatic rings. The molecule has 1 heterocycles. The average molecular weight is 306 g/mol. The lowest BCUT2D eigenvalue weighted by atomic mass is 10.2. The number of carbonyl (C=O) groups is 2. The van der Waals surface area contributed by atoms with Crippen molar-refractivity contribution in [3.8, 4) is 0 Å². The van der Waals surface area contributed by atoms with Gasteiger partial charge in [-0.1, -0.05) is 44.2 Å². The molecule has 0 bridgehead atoms. The lowest BCUT2D eigenvalue weighted by Gasteiger charge is -2.27. The Morgan fingerprint density at radius 3 is 2.62 bits per heavy atom. The molecule has 5 heteroatoms. The van der Waals surface area contributed by atoms with Gasteiger partial charge in [-0.25, -0.2) is 0 Å². The summed E-state index contributed by atoms with van der Waals surface area (Å²) in [6, 6.07) is 9.48. The Hall–Kier alpha value is -1.49. The lowest BCUT2D eigenvalue weighted by Crippen LogP contribution is -2.49. The van der Waals surface area contributed by atoms with Gasteiger partial charge in [-0.15, -0.1) is 11.8 Å². The van der Waals surface area contributed by atoms with Crippen molar-refractivity contribution in [3.05, 3.63) is 35.9 Å². The largest absolute Gasteiger partial charge is 0.350 e. The first-order chi connectivity index (χ1) is 10.2. The topological polar surface area (TPSA) is 49.4 Å². The molecular formula is C16H22N2O2S. The number of rotatable bonds is 5. The minimum atomic E-state index is -0.337. The monoisotopic (exact) mass is 306 g/mol. The number of nitrogens with zero attached hydrogens (tertiary/aromatic N) is 1. The maximum Gasteiger partial charge on any atom is 0.243 e. The Morgan fingerprint density at radius 2 is 2.00 bits per heavy atom. The highest BCUT2D eigenvalue weighted by Crippen LogP contribution is 2.31. The molecule has 1 N–H and O–H groups in total. The van der Waals surface area contributed by atoms with Crippen molar-refractivity contribution in [3.63, 3.8) is 0 Å². The molecule has 1 fully saturated rings. The first kappa shape index (κ1) is 15.9. The highest BCUT2D eigenvalue weighted by Gasteiger charge is 2.39. The minimum absolute atomic E-state index is 0.0518. The van der Waals surface area contributed by atoms with Crippen molar-refractivity contribution in [1.29, 1.82) is 0 Å². The molecule has 2 rings (SSSR count). The van der Waals surface area contributed by atoms with Gasteiger partial charge < -0.3 is 10.2 Å². The molecule has 0 saturated carbocycles. The molecule has 21 heavy (non-hydrogen) atoms. The quantitative estimate of drug-likeness (QED) is 0.909. The Balaban J connectivity index is 1.99. The Labute approximate surface area is 130 Å². The molecule has 2 unspecified atom stereocenters. The summed E-state index contributed by atoms with van der Waals surface area (Å²) in [6.07, 6.45) is 1.32. The van der Waals surface area contributed by atoms with Crippen molar-refractivity contribution < 1.29 is 9.59 Å². The third-order valence-electron chi connectivity index (χ3n) is 3.64. The van der Waals surface area contributed by atoms with Crippen molar-refractivity contribution in [2.45, 2.75) is 44.6 Å². The van der Waals surface area contributed by atoms with Crippen LogP contribution in [0.1, 0.15) is 32.3 Å². The van der Waals surface area contributed by atoms with Crippen LogP contribution in [0.4, 0.5) is 0 Å². The SMILES string of the molecule is CCC(=O)N1C(CC)SCC1C(=O)NCc1ccccc1. The predicted molar refractivity (Wildman–Crippen MR) is 85.8 cm³/mol. The maximum absolute atomic E-state index is 12.4. The maximum atomic E-state index is 12.4. The van der Waals surface area contributed by atoms with Gasteiger partial charge in [0.15, 0.2) is 0 Å². The van der Waals surface area contributed by atoms with Gasteiger partial charge in [0.25, 0.3) is 0 Å². The second-order valence-corrected chi connectivity index (χ2v) is 6.28. The van der Waals surface area contributed by atoms with Crippen LogP contribution in [0.15, 0.2) is 30.3 Å². The normalized spacial score (nSPS) is 21.3. The van der Waals surface area contributed by atoms with E-state index in [0.29, 0.717) is 18.7 Å². The summed E-state index contributed by atoms with van der Waals surface area (Å²) in [6.45, 7) is 4.40. The average Bonchev–Trinajstić information content (AvgIpc) is 2.96. The van der Waals surface area contributed by atoms with Crippen LogP contribution in [-0.2, 0) is 16.1 Å². The first-order valence-corrected chi connectivity index (χ1v) is 8.46. The van der Waals surface area contributed by atoms with Crippen molar-refractivity contribution in [2.75, 3.05) is 5.75 Å². The fourth-order valence-electron chi connectivity index (χ4n) is 2.50. The number of hydrogen-bond acceptors (Lipinski definition) is 3. The van der Waals surface area contributed by atoms with E-state index in [9.17, 15) is 9.59 Å². The third-order valence-corrected chi connectivity index (χ3v) is 5.10. The fraction of sp³-hybridized carbons (Fsp3) is 0.500. The molecule has 0 radical (unpaired) electrons. The summed E-state index contributed by atoms with van der Waals surface area (Å²) in [5.74, 6) is 0.695. The molecule has 1 aromatic carbocycles. The van der Waals surface area contributed by atoms with Gasteiger partial charge in [-0.2, -0.15) is 0 Å². The van der Waals surface area contributed by atoms with Crippen molar-refractivity contribution >= 4 is 23.6 Å². The van der Waals surface area contributed by atoms with E-state index in [1.807, 2.05) is 37.3 Å². The van der Waals surface area contributed by atoms with Crippen LogP contribution in [-0.4, -0.2) is 33.9 Å². The summed E-state index contributed by atoms with van der Waals surface area (Å²) < 4.78 is 0. The molecular weight excluding hydrogens is 284 g/mol. The highest BCUT2D eigenvalue weighted by molar-refractivity contribution is 8.00. The molecule has 0 aromatic heterocycles. The number of amides is 2. The molecule has 114 valence electrons. The summed E-state index contributed by atoms with van der Waals surface area (Å²) in [5, 5.41) is 3.08. The van der Waals surface area contributed by atoms with Gasteiger partial charge in [-0.3, -0.25) is 9.59 Å². The zero-order valence-electron chi connectivity index (χ0n) is 12.5. The summed E-state index contributed by atoms with van der Waals surface area (Å²) in [7, 11) is 0. The van der Waals surface area contributed by atoms with Crippen LogP contribution >= 0.6 is 11.8 Å². The van der Waals surface area contributed by atoms with Crippen LogP contribution in [0.25, 0.3) is 0 Å². The molecule has 1 aliphatic heterocycles. The lowest BCUT2D eigenvalue weighted by molar-refractivity contribution is -0.139. The number of thioether (sulfide) groups is 1. The Bertz CT molecular complexity index is 492. The van der Waals surface area contributed by atoms with E-state index in [-0.39, 0.29) is 23.2 Å². The number of hydrogen-bond donors (Lipinski definition) is 1. The first-order valence-electron chi connectivity index (χ1n) is 7.41. The van der Waals surface area contributed by atoms with Crippen LogP contribution in [0.3, 0.4) is 0 Å². The van der Waals surface area contributed by atoms with Crippen molar-refractivity contribution in [2.24, 2.45) is 0 Å². The second-order valence-electron chi connectivity index (χ2n) is 5.07. The molecule has 1 aromatic rings. The van der Waals surface area contributed by atoms with Gasteiger partial charge in [-0.05, 0) is 12.0 Å². The molecule has 4 nitrogen and oxygen atoms in total. The van der Waals surface area contributed by atoms with Gasteiger partial charge in [0.05, 0.1) is 5.37 Å². The van der Waals surface area contributed by atoms with Gasteiger partial charge in [0, 0.05) is 18.7 Å². The Morgan fingerprint density at radius 1 is 1.29 bits per heavy atom. The van der Waals surface area contributed by atoms with E-state index in [0.717, 1.165) is 12.0 Å². The number of carbonyl (C=O) groups excluding carboxylic acids is 2. The molecule has 1 saturated heterocycles. The third kappa shape index (κ3) is 3.79.